The van der Waals surface area contributed by atoms with Gasteiger partial charge in [-0.3, -0.25) is 0 Å². The normalized spacial score (nSPS) is 16.9. The number of benzene rings is 1. The van der Waals surface area contributed by atoms with E-state index in [1.165, 1.54) is 11.1 Å². The van der Waals surface area contributed by atoms with E-state index in [1.54, 1.807) is 12.0 Å². The lowest BCUT2D eigenvalue weighted by Crippen LogP contribution is -2.45. The van der Waals surface area contributed by atoms with Gasteiger partial charge in [0.1, 0.15) is 0 Å². The summed E-state index contributed by atoms with van der Waals surface area (Å²) in [5.74, 6) is 0. The number of aryl methyl sites for hydroxylation is 1. The first-order valence-electron chi connectivity index (χ1n) is 8.00. The summed E-state index contributed by atoms with van der Waals surface area (Å²) < 4.78 is 4.99. The molecule has 1 aliphatic rings. The van der Waals surface area contributed by atoms with E-state index in [9.17, 15) is 9.90 Å². The van der Waals surface area contributed by atoms with Crippen LogP contribution in [0.4, 0.5) is 4.79 Å². The number of nitrogens with zero attached hydrogens (tertiary/aromatic N) is 1. The Kier molecular flexibility index (Phi) is 6.68. The Morgan fingerprint density at radius 3 is 3.05 bits per heavy atom. The number of methoxy groups -OCH3 is 1. The highest BCUT2D eigenvalue weighted by Crippen LogP contribution is 2.34. The number of nitrogens with one attached hydrogen (secondary N) is 1. The number of hydrogen-bond donors (Lipinski definition) is 2. The fourth-order valence-corrected chi connectivity index (χ4v) is 3.07. The van der Waals surface area contributed by atoms with Crippen molar-refractivity contribution in [1.82, 2.24) is 10.2 Å². The van der Waals surface area contributed by atoms with Gasteiger partial charge in [-0.25, -0.2) is 4.79 Å². The maximum Gasteiger partial charge on any atom is 0.317 e. The molecule has 0 saturated heterocycles. The number of aliphatic hydroxyl groups excluding tert-OH is 1. The largest absolute Gasteiger partial charge is 0.395 e. The average molecular weight is 306 g/mol. The van der Waals surface area contributed by atoms with Crippen molar-refractivity contribution >= 4 is 6.03 Å². The second-order valence-corrected chi connectivity index (χ2v) is 5.60. The first-order chi connectivity index (χ1) is 10.8. The third kappa shape index (κ3) is 4.21. The highest BCUT2D eigenvalue weighted by Gasteiger charge is 2.28. The molecule has 2 amide bonds. The quantitative estimate of drug-likeness (QED) is 0.758. The molecule has 22 heavy (non-hydrogen) atoms. The number of urea groups is 1. The van der Waals surface area contributed by atoms with E-state index in [0.29, 0.717) is 19.7 Å². The van der Waals surface area contributed by atoms with Gasteiger partial charge >= 0.3 is 6.03 Å². The number of fused-ring (bicyclic) bond motifs is 1. The van der Waals surface area contributed by atoms with Gasteiger partial charge in [0.2, 0.25) is 0 Å². The van der Waals surface area contributed by atoms with Gasteiger partial charge in [0, 0.05) is 26.8 Å². The average Bonchev–Trinajstić information content (AvgIpc) is 2.56. The van der Waals surface area contributed by atoms with Crippen LogP contribution in [0.15, 0.2) is 24.3 Å². The van der Waals surface area contributed by atoms with Crippen LogP contribution in [-0.4, -0.2) is 49.5 Å². The third-order valence-corrected chi connectivity index (χ3v) is 4.12. The molecule has 122 valence electrons. The Morgan fingerprint density at radius 1 is 1.45 bits per heavy atom. The maximum absolute atomic E-state index is 12.5. The molecule has 2 N–H and O–H groups in total. The molecule has 0 bridgehead atoms. The molecule has 2 rings (SSSR count). The molecule has 1 aromatic carbocycles. The van der Waals surface area contributed by atoms with Crippen molar-refractivity contribution in [1.29, 1.82) is 0 Å². The summed E-state index contributed by atoms with van der Waals surface area (Å²) in [4.78, 5) is 14.2. The van der Waals surface area contributed by atoms with Crippen LogP contribution in [-0.2, 0) is 11.2 Å². The van der Waals surface area contributed by atoms with Crippen molar-refractivity contribution in [3.8, 4) is 0 Å². The van der Waals surface area contributed by atoms with E-state index in [4.69, 9.17) is 4.74 Å². The Bertz CT molecular complexity index is 479. The van der Waals surface area contributed by atoms with Gasteiger partial charge in [-0.1, -0.05) is 24.3 Å². The third-order valence-electron chi connectivity index (χ3n) is 4.12. The molecule has 0 spiro atoms. The van der Waals surface area contributed by atoms with Crippen molar-refractivity contribution in [2.45, 2.75) is 31.7 Å². The van der Waals surface area contributed by atoms with E-state index < -0.39 is 0 Å². The molecule has 0 aliphatic heterocycles. The first-order valence-corrected chi connectivity index (χ1v) is 8.00. The number of hydrogen-bond acceptors (Lipinski definition) is 3. The zero-order valence-corrected chi connectivity index (χ0v) is 13.3. The van der Waals surface area contributed by atoms with E-state index in [0.717, 1.165) is 25.7 Å². The SMILES string of the molecule is COCCCNC(=O)N(CCO)C1CCCc2ccccc21. The van der Waals surface area contributed by atoms with Crippen LogP contribution in [0.25, 0.3) is 0 Å². The fourth-order valence-electron chi connectivity index (χ4n) is 3.07. The van der Waals surface area contributed by atoms with E-state index in [2.05, 4.69) is 17.4 Å². The first kappa shape index (κ1) is 16.8. The molecule has 1 aliphatic carbocycles. The predicted molar refractivity (Wildman–Crippen MR) is 85.8 cm³/mol. The van der Waals surface area contributed by atoms with Crippen LogP contribution in [0.3, 0.4) is 0 Å². The van der Waals surface area contributed by atoms with Crippen LogP contribution < -0.4 is 5.32 Å². The molecule has 5 heteroatoms. The highest BCUT2D eigenvalue weighted by molar-refractivity contribution is 5.75. The van der Waals surface area contributed by atoms with Crippen LogP contribution in [0.2, 0.25) is 0 Å². The van der Waals surface area contributed by atoms with Gasteiger partial charge in [-0.05, 0) is 36.8 Å². The molecular formula is C17H26N2O3. The number of ether oxygens (including phenoxy) is 1. The lowest BCUT2D eigenvalue weighted by atomic mass is 9.87. The Balaban J connectivity index is 2.06. The summed E-state index contributed by atoms with van der Waals surface area (Å²) in [7, 11) is 1.65. The number of amides is 2. The minimum Gasteiger partial charge on any atom is -0.395 e. The van der Waals surface area contributed by atoms with Crippen molar-refractivity contribution in [3.05, 3.63) is 35.4 Å². The topological polar surface area (TPSA) is 61.8 Å². The monoisotopic (exact) mass is 306 g/mol. The van der Waals surface area contributed by atoms with Crippen molar-refractivity contribution < 1.29 is 14.6 Å². The van der Waals surface area contributed by atoms with Gasteiger partial charge in [-0.15, -0.1) is 0 Å². The Hall–Kier alpha value is -1.59. The lowest BCUT2D eigenvalue weighted by molar-refractivity contribution is 0.143. The maximum atomic E-state index is 12.5. The number of aliphatic hydroxyl groups is 1. The van der Waals surface area contributed by atoms with Crippen LogP contribution in [0, 0.1) is 0 Å². The summed E-state index contributed by atoms with van der Waals surface area (Å²) in [5, 5.41) is 12.3. The summed E-state index contributed by atoms with van der Waals surface area (Å²) in [5.41, 5.74) is 2.53. The van der Waals surface area contributed by atoms with E-state index in [1.807, 2.05) is 12.1 Å². The molecule has 0 fully saturated rings. The van der Waals surface area contributed by atoms with Crippen LogP contribution >= 0.6 is 0 Å². The Morgan fingerprint density at radius 2 is 2.27 bits per heavy atom. The zero-order valence-electron chi connectivity index (χ0n) is 13.3. The summed E-state index contributed by atoms with van der Waals surface area (Å²) in [6.45, 7) is 1.55. The molecular weight excluding hydrogens is 280 g/mol. The van der Waals surface area contributed by atoms with Crippen molar-refractivity contribution in [3.63, 3.8) is 0 Å². The van der Waals surface area contributed by atoms with Gasteiger partial charge < -0.3 is 20.1 Å². The molecule has 0 aromatic heterocycles. The molecule has 0 heterocycles. The van der Waals surface area contributed by atoms with Gasteiger partial charge in [0.25, 0.3) is 0 Å². The fraction of sp³-hybridized carbons (Fsp3) is 0.588. The number of carbonyl (C=O) groups is 1. The summed E-state index contributed by atoms with van der Waals surface area (Å²) in [6, 6.07) is 8.25. The zero-order chi connectivity index (χ0) is 15.8. The molecule has 0 radical (unpaired) electrons. The minimum atomic E-state index is -0.105. The Labute approximate surface area is 132 Å². The van der Waals surface area contributed by atoms with Crippen molar-refractivity contribution in [2.75, 3.05) is 33.4 Å². The number of carbonyl (C=O) groups excluding carboxylic acids is 1. The molecule has 1 aromatic rings. The van der Waals surface area contributed by atoms with Gasteiger partial charge in [0.05, 0.1) is 12.6 Å². The standard InChI is InChI=1S/C17H26N2O3/c1-22-13-5-10-18-17(21)19(11-12-20)16-9-4-7-14-6-2-3-8-15(14)16/h2-3,6,8,16,20H,4-5,7,9-13H2,1H3,(H,18,21). The molecule has 5 nitrogen and oxygen atoms in total. The predicted octanol–water partition coefficient (Wildman–Crippen LogP) is 2.10. The minimum absolute atomic E-state index is 0.0237. The highest BCUT2D eigenvalue weighted by atomic mass is 16.5. The number of rotatable bonds is 7. The second kappa shape index (κ2) is 8.76. The van der Waals surface area contributed by atoms with E-state index >= 15 is 0 Å². The summed E-state index contributed by atoms with van der Waals surface area (Å²) >= 11 is 0. The van der Waals surface area contributed by atoms with Gasteiger partial charge in [-0.2, -0.15) is 0 Å². The summed E-state index contributed by atoms with van der Waals surface area (Å²) in [6.07, 6.45) is 3.87. The lowest BCUT2D eigenvalue weighted by Gasteiger charge is -2.35. The smallest absolute Gasteiger partial charge is 0.317 e. The second-order valence-electron chi connectivity index (χ2n) is 5.60. The van der Waals surface area contributed by atoms with E-state index in [-0.39, 0.29) is 18.7 Å². The molecule has 0 saturated carbocycles. The van der Waals surface area contributed by atoms with Gasteiger partial charge in [0.15, 0.2) is 0 Å². The van der Waals surface area contributed by atoms with Crippen molar-refractivity contribution in [2.24, 2.45) is 0 Å². The van der Waals surface area contributed by atoms with Crippen LogP contribution in [0.5, 0.6) is 0 Å². The van der Waals surface area contributed by atoms with Crippen LogP contribution in [0.1, 0.15) is 36.4 Å². The molecule has 1 unspecified atom stereocenters. The molecule has 1 atom stereocenters.